The minimum Gasteiger partial charge on any atom is -0.618 e. The Labute approximate surface area is 136 Å². The number of halogens is 2. The molecule has 1 aromatic heterocycles. The minimum atomic E-state index is 0. The molecule has 1 fully saturated rings. The summed E-state index contributed by atoms with van der Waals surface area (Å²) in [5.74, 6) is 1.20. The van der Waals surface area contributed by atoms with Crippen LogP contribution in [-0.2, 0) is 6.54 Å². The van der Waals surface area contributed by atoms with Crippen LogP contribution in [0.1, 0.15) is 18.5 Å². The number of ether oxygens (including phenoxy) is 2. The van der Waals surface area contributed by atoms with Crippen LogP contribution in [0.2, 0.25) is 0 Å². The van der Waals surface area contributed by atoms with Crippen molar-refractivity contribution < 1.29 is 14.2 Å². The van der Waals surface area contributed by atoms with Gasteiger partial charge in [-0.25, -0.2) is 0 Å². The first-order valence-electron chi connectivity index (χ1n) is 6.72. The molecule has 21 heavy (non-hydrogen) atoms. The van der Waals surface area contributed by atoms with Crippen molar-refractivity contribution in [2.24, 2.45) is 5.73 Å². The van der Waals surface area contributed by atoms with Crippen molar-refractivity contribution in [3.05, 3.63) is 23.2 Å². The number of pyridine rings is 1. The maximum Gasteiger partial charge on any atom is 0.227 e. The van der Waals surface area contributed by atoms with E-state index < -0.39 is 0 Å². The summed E-state index contributed by atoms with van der Waals surface area (Å²) in [6, 6.07) is 2.09. The summed E-state index contributed by atoms with van der Waals surface area (Å²) < 4.78 is 11.8. The van der Waals surface area contributed by atoms with Gasteiger partial charge in [-0.15, -0.1) is 24.8 Å². The summed E-state index contributed by atoms with van der Waals surface area (Å²) in [7, 11) is 0. The van der Waals surface area contributed by atoms with Crippen LogP contribution < -0.4 is 19.9 Å². The monoisotopic (exact) mass is 337 g/mol. The van der Waals surface area contributed by atoms with Gasteiger partial charge in [0, 0.05) is 19.1 Å². The highest BCUT2D eigenvalue weighted by Gasteiger charge is 2.22. The van der Waals surface area contributed by atoms with E-state index in [0.717, 1.165) is 30.7 Å². The summed E-state index contributed by atoms with van der Waals surface area (Å²) in [4.78, 5) is 2.25. The van der Waals surface area contributed by atoms with Gasteiger partial charge in [-0.2, -0.15) is 4.73 Å². The molecule has 0 radical (unpaired) electrons. The molecule has 1 saturated heterocycles. The van der Waals surface area contributed by atoms with E-state index in [-0.39, 0.29) is 24.8 Å². The number of nitrogens with two attached hydrogens (primary N) is 1. The molecule has 0 aliphatic carbocycles. The van der Waals surface area contributed by atoms with Crippen LogP contribution in [0.4, 0.5) is 0 Å². The number of hydrogen-bond acceptors (Lipinski definition) is 5. The molecule has 1 aromatic rings. The first-order valence-corrected chi connectivity index (χ1v) is 6.72. The molecular weight excluding hydrogens is 317 g/mol. The van der Waals surface area contributed by atoms with Gasteiger partial charge in [0.1, 0.15) is 13.2 Å². The Morgan fingerprint density at radius 3 is 2.48 bits per heavy atom. The third kappa shape index (κ3) is 4.26. The molecule has 2 aliphatic rings. The topological polar surface area (TPSA) is 74.7 Å². The van der Waals surface area contributed by atoms with Gasteiger partial charge in [0.2, 0.25) is 17.6 Å². The van der Waals surface area contributed by atoms with E-state index in [1.807, 2.05) is 0 Å². The predicted molar refractivity (Wildman–Crippen MR) is 83.4 cm³/mol. The lowest BCUT2D eigenvalue weighted by atomic mass is 10.1. The van der Waals surface area contributed by atoms with Gasteiger partial charge < -0.3 is 20.4 Å². The van der Waals surface area contributed by atoms with Crippen molar-refractivity contribution in [3.63, 3.8) is 0 Å². The second-order valence-corrected chi connectivity index (χ2v) is 5.13. The van der Waals surface area contributed by atoms with Crippen LogP contribution in [0, 0.1) is 5.21 Å². The van der Waals surface area contributed by atoms with E-state index in [4.69, 9.17) is 15.2 Å². The van der Waals surface area contributed by atoms with E-state index in [9.17, 15) is 5.21 Å². The average molecular weight is 338 g/mol. The molecule has 0 amide bonds. The Balaban J connectivity index is 0.00000110. The largest absolute Gasteiger partial charge is 0.618 e. The molecule has 6 nitrogen and oxygen atoms in total. The number of hydrogen-bond donors (Lipinski definition) is 1. The number of rotatable bonds is 2. The lowest BCUT2D eigenvalue weighted by molar-refractivity contribution is -0.615. The Bertz CT molecular complexity index is 468. The van der Waals surface area contributed by atoms with Crippen LogP contribution >= 0.6 is 24.8 Å². The van der Waals surface area contributed by atoms with E-state index in [1.54, 1.807) is 6.07 Å². The van der Waals surface area contributed by atoms with Crippen molar-refractivity contribution in [1.29, 1.82) is 0 Å². The van der Waals surface area contributed by atoms with Crippen molar-refractivity contribution in [1.82, 2.24) is 4.90 Å². The van der Waals surface area contributed by atoms with Crippen LogP contribution in [0.15, 0.2) is 12.3 Å². The molecule has 120 valence electrons. The molecule has 0 atom stereocenters. The minimum absolute atomic E-state index is 0. The predicted octanol–water partition coefficient (Wildman–Crippen LogP) is 0.858. The normalized spacial score (nSPS) is 18.5. The summed E-state index contributed by atoms with van der Waals surface area (Å²) in [5.41, 5.74) is 6.58. The van der Waals surface area contributed by atoms with E-state index in [0.29, 0.717) is 43.0 Å². The van der Waals surface area contributed by atoms with E-state index in [1.165, 1.54) is 6.20 Å². The van der Waals surface area contributed by atoms with E-state index >= 15 is 0 Å². The Morgan fingerprint density at radius 1 is 1.19 bits per heavy atom. The van der Waals surface area contributed by atoms with Crippen molar-refractivity contribution in [3.8, 4) is 11.5 Å². The maximum absolute atomic E-state index is 12.0. The summed E-state index contributed by atoms with van der Waals surface area (Å²) in [5, 5.41) is 12.0. The molecule has 2 aliphatic heterocycles. The molecule has 0 saturated carbocycles. The number of likely N-dealkylation sites (tertiary alicyclic amines) is 1. The maximum atomic E-state index is 12.0. The zero-order valence-corrected chi connectivity index (χ0v) is 13.3. The first-order chi connectivity index (χ1) is 9.22. The Morgan fingerprint density at radius 2 is 1.81 bits per heavy atom. The molecule has 3 heterocycles. The lowest BCUT2D eigenvalue weighted by Crippen LogP contribution is -2.42. The van der Waals surface area contributed by atoms with Gasteiger partial charge in [0.15, 0.2) is 5.75 Å². The van der Waals surface area contributed by atoms with Crippen molar-refractivity contribution >= 4 is 24.8 Å². The fraction of sp³-hybridized carbons (Fsp3) is 0.615. The van der Waals surface area contributed by atoms with Crippen molar-refractivity contribution in [2.75, 3.05) is 26.3 Å². The second-order valence-electron chi connectivity index (χ2n) is 5.13. The third-order valence-corrected chi connectivity index (χ3v) is 3.67. The number of fused-ring (bicyclic) bond motifs is 1. The molecule has 8 heteroatoms. The first kappa shape index (κ1) is 18.1. The fourth-order valence-electron chi connectivity index (χ4n) is 2.52. The average Bonchev–Trinajstić information content (AvgIpc) is 2.42. The van der Waals surface area contributed by atoms with E-state index in [2.05, 4.69) is 4.90 Å². The Hall–Kier alpha value is -0.950. The molecule has 3 rings (SSSR count). The number of nitrogens with zero attached hydrogens (tertiary/aromatic N) is 2. The van der Waals surface area contributed by atoms with Gasteiger partial charge in [-0.05, 0) is 12.8 Å². The highest BCUT2D eigenvalue weighted by atomic mass is 35.5. The smallest absolute Gasteiger partial charge is 0.227 e. The zero-order valence-electron chi connectivity index (χ0n) is 11.7. The molecule has 2 N–H and O–H groups in total. The lowest BCUT2D eigenvalue weighted by Gasteiger charge is -2.29. The molecule has 0 aromatic carbocycles. The van der Waals surface area contributed by atoms with Gasteiger partial charge in [0.05, 0.1) is 12.6 Å². The van der Waals surface area contributed by atoms with Gasteiger partial charge >= 0.3 is 0 Å². The molecule has 0 unspecified atom stereocenters. The number of aromatic nitrogens is 1. The molecule has 0 spiro atoms. The third-order valence-electron chi connectivity index (χ3n) is 3.67. The highest BCUT2D eigenvalue weighted by molar-refractivity contribution is 5.85. The van der Waals surface area contributed by atoms with Gasteiger partial charge in [-0.3, -0.25) is 4.90 Å². The summed E-state index contributed by atoms with van der Waals surface area (Å²) in [6.45, 7) is 3.54. The van der Waals surface area contributed by atoms with Crippen LogP contribution in [-0.4, -0.2) is 37.2 Å². The molecular formula is C13H21Cl2N3O3. The summed E-state index contributed by atoms with van der Waals surface area (Å²) in [6.07, 6.45) is 3.44. The standard InChI is InChI=1S/C13H19N3O3.2ClH/c14-10-1-3-15(4-2-10)8-11-7-12-13(9-16(11)17)19-6-5-18-12;;/h7,9-10H,1-6,8,14H2;2*1H. The second kappa shape index (κ2) is 7.89. The Kier molecular flexibility index (Phi) is 6.80. The summed E-state index contributed by atoms with van der Waals surface area (Å²) >= 11 is 0. The van der Waals surface area contributed by atoms with Crippen LogP contribution in [0.5, 0.6) is 11.5 Å². The quantitative estimate of drug-likeness (QED) is 0.639. The van der Waals surface area contributed by atoms with Crippen LogP contribution in [0.3, 0.4) is 0 Å². The zero-order chi connectivity index (χ0) is 13.2. The van der Waals surface area contributed by atoms with Crippen molar-refractivity contribution in [2.45, 2.75) is 25.4 Å². The van der Waals surface area contributed by atoms with Crippen LogP contribution in [0.25, 0.3) is 0 Å². The SMILES string of the molecule is Cl.Cl.NC1CCN(Cc2cc3c(c[n+]2[O-])OCCO3)CC1. The van der Waals surface area contributed by atoms with Gasteiger partial charge in [-0.1, -0.05) is 0 Å². The fourth-order valence-corrected chi connectivity index (χ4v) is 2.52. The highest BCUT2D eigenvalue weighted by Crippen LogP contribution is 2.29. The molecule has 0 bridgehead atoms. The number of piperidine rings is 1. The van der Waals surface area contributed by atoms with Gasteiger partial charge in [0.25, 0.3) is 0 Å².